The third kappa shape index (κ3) is 8.19. The summed E-state index contributed by atoms with van der Waals surface area (Å²) in [7, 11) is 0. The van der Waals surface area contributed by atoms with Gasteiger partial charge >= 0.3 is 5.97 Å². The Morgan fingerprint density at radius 1 is 0.962 bits per heavy atom. The molecule has 280 valence electrons. The minimum atomic E-state index is -1.54. The molecule has 13 nitrogen and oxygen atoms in total. The number of amides is 4. The standard InChI is InChI=1S/C40H48N6O7/c1-6-44(7-2)25-16-18-29-33(21-25)53-34-22-26(45(8-3)9-4)17-19-30(34)36(29)27-13-10-11-14-28(27)39(50)46-20-12-15-32(46)38(49)42-24(5)37(48)43-31(40(51)52)23-35(41)47/h10-11,13-14,16-19,21-22,24,31-32H,6-9,12,15,20,23H2,1-5H3,(H4-,41,42,43,47,48,49,51,52)/p+1. The van der Waals surface area contributed by atoms with Crippen LogP contribution in [-0.4, -0.2) is 90.5 Å². The first-order chi connectivity index (χ1) is 25.4. The quantitative estimate of drug-likeness (QED) is 0.113. The number of benzene rings is 3. The van der Waals surface area contributed by atoms with Crippen LogP contribution in [0.5, 0.6) is 0 Å². The zero-order valence-corrected chi connectivity index (χ0v) is 31.0. The summed E-state index contributed by atoms with van der Waals surface area (Å²) in [5.41, 5.74) is 9.64. The molecule has 2 aromatic carbocycles. The maximum atomic E-state index is 14.5. The van der Waals surface area contributed by atoms with Crippen molar-refractivity contribution in [1.82, 2.24) is 20.1 Å². The number of carboxylic acid groups (broad SMARTS) is 1. The molecule has 4 amide bonds. The molecule has 2 heterocycles. The predicted octanol–water partition coefficient (Wildman–Crippen LogP) is 3.42. The molecule has 13 heteroatoms. The van der Waals surface area contributed by atoms with Gasteiger partial charge in [0.05, 0.1) is 12.5 Å². The molecule has 53 heavy (non-hydrogen) atoms. The van der Waals surface area contributed by atoms with Crippen molar-refractivity contribution in [2.45, 2.75) is 72.0 Å². The highest BCUT2D eigenvalue weighted by Crippen LogP contribution is 2.42. The van der Waals surface area contributed by atoms with E-state index < -0.39 is 48.2 Å². The van der Waals surface area contributed by atoms with E-state index >= 15 is 0 Å². The van der Waals surface area contributed by atoms with Gasteiger partial charge in [-0.05, 0) is 77.3 Å². The number of hydrogen-bond acceptors (Lipinski definition) is 7. The summed E-state index contributed by atoms with van der Waals surface area (Å²) in [6.07, 6.45) is 0.358. The minimum Gasteiger partial charge on any atom is -0.480 e. The van der Waals surface area contributed by atoms with Crippen LogP contribution in [0.25, 0.3) is 33.4 Å². The second kappa shape index (κ2) is 16.7. The topological polar surface area (TPSA) is 178 Å². The van der Waals surface area contributed by atoms with Crippen molar-refractivity contribution in [3.8, 4) is 22.5 Å². The average Bonchev–Trinajstić information content (AvgIpc) is 3.64. The van der Waals surface area contributed by atoms with Gasteiger partial charge in [0, 0.05) is 59.5 Å². The fourth-order valence-electron chi connectivity index (χ4n) is 7.13. The van der Waals surface area contributed by atoms with Gasteiger partial charge in [0.1, 0.15) is 42.6 Å². The minimum absolute atomic E-state index is 0.329. The molecule has 0 radical (unpaired) electrons. The molecule has 1 fully saturated rings. The number of likely N-dealkylation sites (tertiary alicyclic amines) is 1. The normalized spacial score (nSPS) is 15.2. The summed E-state index contributed by atoms with van der Waals surface area (Å²) in [5, 5.41) is 16.1. The largest absolute Gasteiger partial charge is 0.480 e. The zero-order chi connectivity index (χ0) is 38.4. The van der Waals surface area contributed by atoms with Crippen LogP contribution >= 0.6 is 0 Å². The van der Waals surface area contributed by atoms with E-state index in [1.807, 2.05) is 36.4 Å². The third-order valence-corrected chi connectivity index (χ3v) is 9.96. The van der Waals surface area contributed by atoms with E-state index in [2.05, 4.69) is 59.9 Å². The molecular weight excluding hydrogens is 676 g/mol. The Hall–Kier alpha value is -5.72. The lowest BCUT2D eigenvalue weighted by atomic mass is 9.90. The molecule has 5 N–H and O–H groups in total. The fraction of sp³-hybridized carbons (Fsp3) is 0.400. The molecule has 3 aliphatic rings. The lowest BCUT2D eigenvalue weighted by molar-refractivity contribution is -0.143. The van der Waals surface area contributed by atoms with Gasteiger partial charge < -0.3 is 35.7 Å². The number of nitrogens with one attached hydrogen (secondary N) is 2. The Bertz CT molecular complexity index is 2060. The number of hydrogen-bond donors (Lipinski definition) is 4. The number of aliphatic carboxylic acids is 1. The van der Waals surface area contributed by atoms with Gasteiger partial charge in [-0.1, -0.05) is 18.2 Å². The Morgan fingerprint density at radius 2 is 1.68 bits per heavy atom. The highest BCUT2D eigenvalue weighted by atomic mass is 16.4. The number of carboxylic acids is 1. The van der Waals surface area contributed by atoms with Gasteiger partial charge in [0.2, 0.25) is 23.1 Å². The van der Waals surface area contributed by atoms with Crippen LogP contribution < -0.4 is 31.2 Å². The van der Waals surface area contributed by atoms with Crippen LogP contribution in [0.3, 0.4) is 0 Å². The van der Waals surface area contributed by atoms with E-state index in [1.54, 1.807) is 12.1 Å². The predicted molar refractivity (Wildman–Crippen MR) is 203 cm³/mol. The van der Waals surface area contributed by atoms with Crippen LogP contribution in [0.4, 0.5) is 5.69 Å². The van der Waals surface area contributed by atoms with E-state index in [0.717, 1.165) is 53.7 Å². The SMILES string of the molecule is CCN(CC)c1ccc2c(-c3ccccc3C(=O)N3CCCC3C(=O)NC(C)C(=O)NC(CC(N)=O)C(=O)O)c3ccc(=[N+](CC)CC)cc-3oc2c1. The van der Waals surface area contributed by atoms with Crippen LogP contribution in [0.15, 0.2) is 65.1 Å². The number of nitrogens with zero attached hydrogens (tertiary/aromatic N) is 3. The van der Waals surface area contributed by atoms with Gasteiger partial charge in [-0.2, -0.15) is 0 Å². The van der Waals surface area contributed by atoms with Crippen molar-refractivity contribution in [3.05, 3.63) is 71.6 Å². The summed E-state index contributed by atoms with van der Waals surface area (Å²) >= 11 is 0. The van der Waals surface area contributed by atoms with Gasteiger partial charge in [-0.3, -0.25) is 19.2 Å². The Balaban J connectivity index is 1.54. The van der Waals surface area contributed by atoms with E-state index in [1.165, 1.54) is 11.8 Å². The fourth-order valence-corrected chi connectivity index (χ4v) is 7.13. The second-order valence-corrected chi connectivity index (χ2v) is 13.2. The lowest BCUT2D eigenvalue weighted by Crippen LogP contribution is -2.54. The molecule has 2 aliphatic heterocycles. The Morgan fingerprint density at radius 3 is 2.34 bits per heavy atom. The zero-order valence-electron chi connectivity index (χ0n) is 31.0. The Labute approximate surface area is 308 Å². The van der Waals surface area contributed by atoms with Crippen molar-refractivity contribution < 1.29 is 33.5 Å². The molecule has 5 rings (SSSR count). The molecule has 1 aliphatic carbocycles. The molecule has 0 spiro atoms. The van der Waals surface area contributed by atoms with Gasteiger partial charge in [-0.25, -0.2) is 9.37 Å². The first kappa shape index (κ1) is 38.5. The van der Waals surface area contributed by atoms with Gasteiger partial charge in [0.15, 0.2) is 0 Å². The maximum Gasteiger partial charge on any atom is 0.326 e. The number of primary amides is 1. The first-order valence-electron chi connectivity index (χ1n) is 18.3. The summed E-state index contributed by atoms with van der Waals surface area (Å²) in [6.45, 7) is 13.5. The summed E-state index contributed by atoms with van der Waals surface area (Å²) in [6, 6.07) is 16.1. The molecule has 0 saturated carbocycles. The molecular formula is C40H49N6O7+. The van der Waals surface area contributed by atoms with Crippen molar-refractivity contribution in [1.29, 1.82) is 0 Å². The van der Waals surface area contributed by atoms with E-state index in [4.69, 9.17) is 10.2 Å². The van der Waals surface area contributed by atoms with Gasteiger partial charge in [0.25, 0.3) is 5.91 Å². The van der Waals surface area contributed by atoms with Crippen molar-refractivity contribution in [3.63, 3.8) is 0 Å². The summed E-state index contributed by atoms with van der Waals surface area (Å²) in [5.74, 6) is -3.31. The van der Waals surface area contributed by atoms with E-state index in [-0.39, 0.29) is 5.91 Å². The summed E-state index contributed by atoms with van der Waals surface area (Å²) in [4.78, 5) is 67.5. The number of fused-ring (bicyclic) bond motifs is 2. The molecule has 2 aromatic rings. The number of rotatable bonds is 14. The van der Waals surface area contributed by atoms with E-state index in [9.17, 15) is 29.1 Å². The van der Waals surface area contributed by atoms with Crippen molar-refractivity contribution in [2.24, 2.45) is 5.73 Å². The molecule has 0 aromatic heterocycles. The van der Waals surface area contributed by atoms with Crippen molar-refractivity contribution >= 4 is 46.3 Å². The molecule has 0 bridgehead atoms. The second-order valence-electron chi connectivity index (χ2n) is 13.2. The van der Waals surface area contributed by atoms with Crippen LogP contribution in [0, 0.1) is 0 Å². The molecule has 3 atom stereocenters. The van der Waals surface area contributed by atoms with Crippen LogP contribution in [0.2, 0.25) is 0 Å². The highest BCUT2D eigenvalue weighted by Gasteiger charge is 2.37. The smallest absolute Gasteiger partial charge is 0.326 e. The number of anilines is 1. The van der Waals surface area contributed by atoms with E-state index in [0.29, 0.717) is 41.9 Å². The molecule has 3 unspecified atom stereocenters. The number of carbonyl (C=O) groups is 5. The third-order valence-electron chi connectivity index (χ3n) is 9.96. The molecule has 1 saturated heterocycles. The first-order valence-corrected chi connectivity index (χ1v) is 18.3. The highest BCUT2D eigenvalue weighted by molar-refractivity contribution is 6.10. The maximum absolute atomic E-state index is 14.5. The lowest BCUT2D eigenvalue weighted by Gasteiger charge is -2.27. The Kier molecular flexibility index (Phi) is 12.2. The van der Waals surface area contributed by atoms with Crippen LogP contribution in [-0.2, 0) is 19.2 Å². The summed E-state index contributed by atoms with van der Waals surface area (Å²) < 4.78 is 8.89. The number of nitrogens with two attached hydrogens (primary N) is 1. The average molecular weight is 726 g/mol. The van der Waals surface area contributed by atoms with Crippen molar-refractivity contribution in [2.75, 3.05) is 37.6 Å². The number of carbonyl (C=O) groups excluding carboxylic acids is 4. The van der Waals surface area contributed by atoms with Crippen LogP contribution in [0.1, 0.15) is 64.2 Å². The monoisotopic (exact) mass is 725 g/mol. The van der Waals surface area contributed by atoms with Gasteiger partial charge in [-0.15, -0.1) is 0 Å².